The molecule has 0 N–H and O–H groups in total. The largest absolute Gasteiger partial charge is 1.00 e. The molecule has 2 heterocycles. The Kier molecular flexibility index (Phi) is 14.5. The number of pyridine rings is 2. The number of hydrogen-bond donors (Lipinski definition) is 0. The fourth-order valence-electron chi connectivity index (χ4n) is 5.86. The first-order chi connectivity index (χ1) is 24.3. The van der Waals surface area contributed by atoms with E-state index in [2.05, 4.69) is 17.0 Å². The summed E-state index contributed by atoms with van der Waals surface area (Å²) >= 11 is 0. The quantitative estimate of drug-likeness (QED) is 0.0980. The molecule has 0 aliphatic carbocycles. The van der Waals surface area contributed by atoms with Gasteiger partial charge >= 0.3 is 0 Å². The summed E-state index contributed by atoms with van der Waals surface area (Å²) in [6.07, 6.45) is 11.7. The van der Waals surface area contributed by atoms with Gasteiger partial charge in [-0.2, -0.15) is 0 Å². The number of fused-ring (bicyclic) bond motifs is 1. The third-order valence-electron chi connectivity index (χ3n) is 8.39. The van der Waals surface area contributed by atoms with Gasteiger partial charge in [-0.15, -0.1) is 0 Å². The van der Waals surface area contributed by atoms with Crippen molar-refractivity contribution in [1.29, 1.82) is 0 Å². The molecule has 1 amide bonds. The van der Waals surface area contributed by atoms with Gasteiger partial charge in [-0.3, -0.25) is 9.59 Å². The highest BCUT2D eigenvalue weighted by molar-refractivity contribution is 6.07. The van der Waals surface area contributed by atoms with Gasteiger partial charge in [0.25, 0.3) is 5.91 Å². The lowest BCUT2D eigenvalue weighted by molar-refractivity contribution is -0.697. The number of benzene rings is 3. The summed E-state index contributed by atoms with van der Waals surface area (Å²) in [5.41, 5.74) is 0.429. The number of hydrogen-bond acceptors (Lipinski definition) is 5. The molecule has 0 bridgehead atoms. The van der Waals surface area contributed by atoms with Crippen LogP contribution in [0.4, 0.5) is 14.5 Å². The van der Waals surface area contributed by atoms with Gasteiger partial charge in [-0.05, 0) is 50.5 Å². The molecule has 0 saturated heterocycles. The number of carbonyl (C=O) groups excluding carboxylic acids is 1. The zero-order valence-electron chi connectivity index (χ0n) is 29.2. The Morgan fingerprint density at radius 1 is 0.804 bits per heavy atom. The molecule has 0 fully saturated rings. The number of ether oxygens (including phenoxy) is 3. The Morgan fingerprint density at radius 3 is 2.20 bits per heavy atom. The van der Waals surface area contributed by atoms with Crippen LogP contribution in [0.2, 0.25) is 0 Å². The van der Waals surface area contributed by atoms with Crippen LogP contribution in [0.5, 0.6) is 17.2 Å². The number of nitrogens with zero attached hydrogens (tertiary/aromatic N) is 3. The summed E-state index contributed by atoms with van der Waals surface area (Å²) in [5.74, 6) is -0.678. The van der Waals surface area contributed by atoms with Gasteiger partial charge in [-0.1, -0.05) is 25.8 Å². The molecule has 0 radical (unpaired) electrons. The lowest BCUT2D eigenvalue weighted by Gasteiger charge is -2.22. The van der Waals surface area contributed by atoms with Gasteiger partial charge in [0, 0.05) is 72.7 Å². The second kappa shape index (κ2) is 19.0. The van der Waals surface area contributed by atoms with Gasteiger partial charge in [-0.25, -0.2) is 13.3 Å². The van der Waals surface area contributed by atoms with E-state index in [0.717, 1.165) is 63.3 Å². The molecule has 0 aliphatic rings. The standard InChI is InChI=1S/C40H44F2N3O5.BrH/c1-4-19-49-35-25-32(24-34(26-35)48-3)45-28-37(40(47)44(5-2)31-22-29(41)21-30(42)23-31)39(46)36-15-14-33(27-38(36)45)50-20-13-8-6-7-10-16-43-17-11-9-12-18-43;/h9,11-12,14-15,17-18,21-28H,4-8,10,13,16,19-20H2,1-3H3;1H/q+1;/p-1. The summed E-state index contributed by atoms with van der Waals surface area (Å²) in [5, 5.41) is 0.278. The molecule has 0 atom stereocenters. The van der Waals surface area contributed by atoms with Gasteiger partial charge < -0.3 is 40.7 Å². The number of aryl methyl sites for hydroxylation is 1. The fourth-order valence-corrected chi connectivity index (χ4v) is 5.86. The number of aromatic nitrogens is 2. The molecular weight excluding hydrogens is 720 g/mol. The number of rotatable bonds is 17. The van der Waals surface area contributed by atoms with Crippen molar-refractivity contribution < 1.29 is 49.3 Å². The second-order valence-electron chi connectivity index (χ2n) is 12.0. The lowest BCUT2D eigenvalue weighted by atomic mass is 10.1. The van der Waals surface area contributed by atoms with Crippen LogP contribution >= 0.6 is 0 Å². The Hall–Kier alpha value is -4.77. The van der Waals surface area contributed by atoms with Crippen molar-refractivity contribution in [2.75, 3.05) is 31.8 Å². The van der Waals surface area contributed by atoms with E-state index in [9.17, 15) is 18.4 Å². The molecular formula is C40H44BrF2N3O5. The molecule has 0 unspecified atom stereocenters. The third kappa shape index (κ3) is 10.2. The number of unbranched alkanes of at least 4 members (excludes halogenated alkanes) is 4. The highest BCUT2D eigenvalue weighted by Crippen LogP contribution is 2.30. The van der Waals surface area contributed by atoms with Crippen molar-refractivity contribution >= 4 is 22.5 Å². The van der Waals surface area contributed by atoms with Crippen LogP contribution in [0.1, 0.15) is 62.7 Å². The van der Waals surface area contributed by atoms with E-state index in [1.54, 1.807) is 55.0 Å². The average Bonchev–Trinajstić information content (AvgIpc) is 3.12. The molecule has 270 valence electrons. The average molecular weight is 765 g/mol. The summed E-state index contributed by atoms with van der Waals surface area (Å²) in [7, 11) is 1.55. The topological polar surface area (TPSA) is 73.9 Å². The van der Waals surface area contributed by atoms with E-state index in [1.165, 1.54) is 11.1 Å². The molecule has 11 heteroatoms. The lowest BCUT2D eigenvalue weighted by Crippen LogP contribution is -3.00. The van der Waals surface area contributed by atoms with Gasteiger partial charge in [0.1, 0.15) is 41.0 Å². The smallest absolute Gasteiger partial charge is 0.263 e. The van der Waals surface area contributed by atoms with Crippen LogP contribution < -0.4 is 46.1 Å². The molecule has 0 aliphatic heterocycles. The first-order valence-electron chi connectivity index (χ1n) is 17.2. The van der Waals surface area contributed by atoms with Crippen LogP contribution in [0.25, 0.3) is 16.6 Å². The number of halogens is 3. The molecule has 5 aromatic rings. The number of amides is 1. The maximum Gasteiger partial charge on any atom is 0.263 e. The van der Waals surface area contributed by atoms with Crippen LogP contribution in [-0.4, -0.2) is 37.3 Å². The Balaban J connectivity index is 0.00000583. The number of carbonyl (C=O) groups is 1. The molecule has 3 aromatic carbocycles. The maximum atomic E-state index is 14.2. The summed E-state index contributed by atoms with van der Waals surface area (Å²) < 4.78 is 49.9. The first kappa shape index (κ1) is 39.0. The normalized spacial score (nSPS) is 10.8. The predicted molar refractivity (Wildman–Crippen MR) is 191 cm³/mol. The van der Waals surface area contributed by atoms with Crippen molar-refractivity contribution in [3.05, 3.63) is 119 Å². The van der Waals surface area contributed by atoms with Crippen molar-refractivity contribution in [3.8, 4) is 22.9 Å². The number of methoxy groups -OCH3 is 1. The Morgan fingerprint density at radius 2 is 1.49 bits per heavy atom. The summed E-state index contributed by atoms with van der Waals surface area (Å²) in [6.45, 7) is 5.76. The molecule has 0 spiro atoms. The monoisotopic (exact) mass is 763 g/mol. The van der Waals surface area contributed by atoms with Crippen molar-refractivity contribution in [2.45, 2.75) is 58.9 Å². The van der Waals surface area contributed by atoms with Gasteiger partial charge in [0.05, 0.1) is 31.5 Å². The zero-order valence-corrected chi connectivity index (χ0v) is 30.8. The SMILES string of the molecule is CCCOc1cc(OC)cc(-n2cc(C(=O)N(CC)c3cc(F)cc(F)c3)c(=O)c3ccc(OCCCCCCC[n+]4ccccc4)cc32)c1.[Br-]. The number of anilines is 1. The van der Waals surface area contributed by atoms with Crippen molar-refractivity contribution in [3.63, 3.8) is 0 Å². The van der Waals surface area contributed by atoms with Gasteiger partial charge in [0.2, 0.25) is 5.43 Å². The molecule has 5 rings (SSSR count). The van der Waals surface area contributed by atoms with Crippen LogP contribution in [-0.2, 0) is 6.54 Å². The molecule has 0 saturated carbocycles. The molecule has 51 heavy (non-hydrogen) atoms. The second-order valence-corrected chi connectivity index (χ2v) is 12.0. The van der Waals surface area contributed by atoms with Crippen LogP contribution in [0.15, 0.2) is 96.2 Å². The highest BCUT2D eigenvalue weighted by Gasteiger charge is 2.24. The predicted octanol–water partition coefficient (Wildman–Crippen LogP) is 5.05. The van der Waals surface area contributed by atoms with Crippen molar-refractivity contribution in [1.82, 2.24) is 4.57 Å². The van der Waals surface area contributed by atoms with E-state index >= 15 is 0 Å². The Bertz CT molecular complexity index is 1950. The minimum absolute atomic E-state index is 0. The summed E-state index contributed by atoms with van der Waals surface area (Å²) in [6, 6.07) is 19.5. The molecule has 8 nitrogen and oxygen atoms in total. The van der Waals surface area contributed by atoms with E-state index in [1.807, 2.05) is 25.1 Å². The zero-order chi connectivity index (χ0) is 35.5. The third-order valence-corrected chi connectivity index (χ3v) is 8.39. The van der Waals surface area contributed by atoms with E-state index < -0.39 is 23.0 Å². The summed E-state index contributed by atoms with van der Waals surface area (Å²) in [4.78, 5) is 29.1. The van der Waals surface area contributed by atoms with Crippen LogP contribution in [0.3, 0.4) is 0 Å². The fraction of sp³-hybridized carbons (Fsp3) is 0.325. The van der Waals surface area contributed by atoms with Crippen LogP contribution in [0, 0.1) is 11.6 Å². The first-order valence-corrected chi connectivity index (χ1v) is 17.2. The Labute approximate surface area is 308 Å². The van der Waals surface area contributed by atoms with E-state index in [4.69, 9.17) is 14.2 Å². The van der Waals surface area contributed by atoms with Gasteiger partial charge in [0.15, 0.2) is 12.4 Å². The molecule has 2 aromatic heterocycles. The highest BCUT2D eigenvalue weighted by atomic mass is 79.9. The minimum atomic E-state index is -0.826. The maximum absolute atomic E-state index is 14.2. The van der Waals surface area contributed by atoms with E-state index in [-0.39, 0.29) is 40.2 Å². The minimum Gasteiger partial charge on any atom is -1.00 e. The van der Waals surface area contributed by atoms with Crippen molar-refractivity contribution in [2.24, 2.45) is 0 Å². The van der Waals surface area contributed by atoms with E-state index in [0.29, 0.717) is 41.7 Å².